The molecule has 0 unspecified atom stereocenters. The highest BCUT2D eigenvalue weighted by Crippen LogP contribution is 2.40. The van der Waals surface area contributed by atoms with Crippen molar-refractivity contribution in [1.29, 1.82) is 0 Å². The van der Waals surface area contributed by atoms with E-state index in [1.54, 1.807) is 0 Å². The number of hydrogen-bond donors (Lipinski definition) is 1. The Morgan fingerprint density at radius 1 is 1.44 bits per heavy atom. The van der Waals surface area contributed by atoms with Crippen LogP contribution in [0.15, 0.2) is 0 Å². The maximum atomic E-state index is 6.02. The summed E-state index contributed by atoms with van der Waals surface area (Å²) in [5.74, 6) is 1.71. The Labute approximate surface area is 108 Å². The highest BCUT2D eigenvalue weighted by Gasteiger charge is 2.23. The fraction of sp³-hybridized carbons (Fsp3) is 0.667. The first-order valence-corrected chi connectivity index (χ1v) is 6.40. The number of fused-ring (bicyclic) bond motifs is 1. The average molecular weight is 262 g/mol. The highest BCUT2D eigenvalue weighted by atomic mass is 35.5. The van der Waals surface area contributed by atoms with Crippen LogP contribution in [0.5, 0.6) is 5.75 Å². The molecule has 1 atom stereocenters. The molecule has 92 valence electrons. The van der Waals surface area contributed by atoms with Gasteiger partial charge in [0.15, 0.2) is 0 Å². The lowest BCUT2D eigenvalue weighted by molar-refractivity contribution is 0.224. The van der Waals surface area contributed by atoms with E-state index in [4.69, 9.17) is 4.74 Å². The maximum absolute atomic E-state index is 6.02. The van der Waals surface area contributed by atoms with Gasteiger partial charge < -0.3 is 10.1 Å². The third-order valence-electron chi connectivity index (χ3n) is 2.77. The van der Waals surface area contributed by atoms with Crippen LogP contribution in [0.4, 0.5) is 0 Å². The van der Waals surface area contributed by atoms with Gasteiger partial charge in [0.25, 0.3) is 0 Å². The van der Waals surface area contributed by atoms with E-state index in [-0.39, 0.29) is 18.5 Å². The van der Waals surface area contributed by atoms with E-state index < -0.39 is 0 Å². The first-order chi connectivity index (χ1) is 7.09. The van der Waals surface area contributed by atoms with Gasteiger partial charge in [0, 0.05) is 23.5 Å². The number of rotatable bonds is 1. The Balaban J connectivity index is 0.00000128. The molecular formula is C12H20ClNOS. The Morgan fingerprint density at radius 3 is 2.75 bits per heavy atom. The third-order valence-corrected chi connectivity index (χ3v) is 3.87. The van der Waals surface area contributed by atoms with Gasteiger partial charge >= 0.3 is 0 Å². The van der Waals surface area contributed by atoms with Gasteiger partial charge in [0.1, 0.15) is 11.9 Å². The molecule has 1 aromatic rings. The maximum Gasteiger partial charge on any atom is 0.138 e. The van der Waals surface area contributed by atoms with Crippen LogP contribution in [-0.2, 0) is 6.54 Å². The first-order valence-electron chi connectivity index (χ1n) is 5.59. The Kier molecular flexibility index (Phi) is 4.65. The Bertz CT molecular complexity index is 362. The van der Waals surface area contributed by atoms with Crippen molar-refractivity contribution >= 4 is 23.7 Å². The Morgan fingerprint density at radius 2 is 2.12 bits per heavy atom. The summed E-state index contributed by atoms with van der Waals surface area (Å²) in [7, 11) is 0. The summed E-state index contributed by atoms with van der Waals surface area (Å²) < 4.78 is 6.02. The monoisotopic (exact) mass is 261 g/mol. The van der Waals surface area contributed by atoms with Gasteiger partial charge in [-0.1, -0.05) is 13.8 Å². The normalized spacial score (nSPS) is 19.7. The van der Waals surface area contributed by atoms with Crippen molar-refractivity contribution in [2.24, 2.45) is 0 Å². The lowest BCUT2D eigenvalue weighted by Crippen LogP contribution is -2.25. The van der Waals surface area contributed by atoms with E-state index in [1.165, 1.54) is 15.3 Å². The second-order valence-electron chi connectivity index (χ2n) is 4.54. The van der Waals surface area contributed by atoms with Crippen LogP contribution in [0.2, 0.25) is 0 Å². The van der Waals surface area contributed by atoms with E-state index in [9.17, 15) is 0 Å². The zero-order valence-corrected chi connectivity index (χ0v) is 11.9. The molecule has 1 aliphatic rings. The molecular weight excluding hydrogens is 242 g/mol. The predicted molar refractivity (Wildman–Crippen MR) is 72.2 cm³/mol. The minimum absolute atomic E-state index is 0. The van der Waals surface area contributed by atoms with Crippen molar-refractivity contribution < 1.29 is 4.74 Å². The zero-order valence-electron chi connectivity index (χ0n) is 10.3. The molecule has 0 saturated carbocycles. The Hall–Kier alpha value is -0.250. The number of aryl methyl sites for hydroxylation is 1. The number of thiophene rings is 1. The van der Waals surface area contributed by atoms with Gasteiger partial charge in [-0.05, 0) is 19.8 Å². The molecule has 2 nitrogen and oxygen atoms in total. The molecule has 0 radical (unpaired) electrons. The third kappa shape index (κ3) is 2.53. The van der Waals surface area contributed by atoms with Crippen LogP contribution in [0.3, 0.4) is 0 Å². The molecule has 1 aliphatic heterocycles. The molecule has 16 heavy (non-hydrogen) atoms. The van der Waals surface area contributed by atoms with Crippen molar-refractivity contribution in [2.45, 2.75) is 46.3 Å². The van der Waals surface area contributed by atoms with E-state index >= 15 is 0 Å². The van der Waals surface area contributed by atoms with Crippen LogP contribution >= 0.6 is 23.7 Å². The van der Waals surface area contributed by atoms with E-state index in [0.29, 0.717) is 5.92 Å². The van der Waals surface area contributed by atoms with Gasteiger partial charge in [-0.3, -0.25) is 0 Å². The van der Waals surface area contributed by atoms with Gasteiger partial charge in [0.05, 0.1) is 4.88 Å². The minimum atomic E-state index is 0. The zero-order chi connectivity index (χ0) is 11.0. The van der Waals surface area contributed by atoms with Crippen LogP contribution in [0, 0.1) is 6.92 Å². The number of hydrogen-bond acceptors (Lipinski definition) is 3. The first kappa shape index (κ1) is 13.8. The molecule has 0 aromatic carbocycles. The van der Waals surface area contributed by atoms with Gasteiger partial charge in [-0.15, -0.1) is 23.7 Å². The van der Waals surface area contributed by atoms with Crippen molar-refractivity contribution in [2.75, 3.05) is 6.54 Å². The van der Waals surface area contributed by atoms with Gasteiger partial charge in [0.2, 0.25) is 0 Å². The molecule has 0 bridgehead atoms. The largest absolute Gasteiger partial charge is 0.488 e. The average Bonchev–Trinajstić information content (AvgIpc) is 2.32. The van der Waals surface area contributed by atoms with Crippen molar-refractivity contribution in [3.63, 3.8) is 0 Å². The molecule has 0 saturated heterocycles. The molecule has 4 heteroatoms. The lowest BCUT2D eigenvalue weighted by Gasteiger charge is -2.14. The second-order valence-corrected chi connectivity index (χ2v) is 5.85. The van der Waals surface area contributed by atoms with Crippen molar-refractivity contribution in [1.82, 2.24) is 5.32 Å². The summed E-state index contributed by atoms with van der Waals surface area (Å²) in [4.78, 5) is 2.77. The number of halogens is 1. The molecule has 0 aliphatic carbocycles. The molecule has 2 heterocycles. The fourth-order valence-corrected chi connectivity index (χ4v) is 3.38. The topological polar surface area (TPSA) is 21.3 Å². The van der Waals surface area contributed by atoms with Gasteiger partial charge in [-0.2, -0.15) is 0 Å². The van der Waals surface area contributed by atoms with Crippen molar-refractivity contribution in [3.05, 3.63) is 15.3 Å². The quantitative estimate of drug-likeness (QED) is 0.836. The van der Waals surface area contributed by atoms with Crippen molar-refractivity contribution in [3.8, 4) is 5.75 Å². The number of ether oxygens (including phenoxy) is 1. The number of nitrogens with one attached hydrogen (secondary N) is 1. The minimum Gasteiger partial charge on any atom is -0.488 e. The van der Waals surface area contributed by atoms with Crippen LogP contribution in [0.25, 0.3) is 0 Å². The standard InChI is InChI=1S/C12H19NOS.ClH/c1-7(2)11-9(4)15-10-6-13-5-8(3)14-12(10)11;/h7-8,13H,5-6H2,1-4H3;1H/t8-;/m0./s1. The summed E-state index contributed by atoms with van der Waals surface area (Å²) in [5, 5.41) is 3.42. The lowest BCUT2D eigenvalue weighted by atomic mass is 10.0. The summed E-state index contributed by atoms with van der Waals surface area (Å²) >= 11 is 1.87. The summed E-state index contributed by atoms with van der Waals surface area (Å²) in [6.45, 7) is 10.7. The van der Waals surface area contributed by atoms with Crippen LogP contribution in [-0.4, -0.2) is 12.6 Å². The fourth-order valence-electron chi connectivity index (χ4n) is 2.14. The van der Waals surface area contributed by atoms with E-state index in [1.807, 2.05) is 11.3 Å². The molecule has 0 spiro atoms. The smallest absolute Gasteiger partial charge is 0.138 e. The predicted octanol–water partition coefficient (Wildman–Crippen LogP) is 3.47. The molecule has 2 rings (SSSR count). The SMILES string of the molecule is Cc1sc2c(c1C(C)C)O[C@@H](C)CNC2.Cl. The highest BCUT2D eigenvalue weighted by molar-refractivity contribution is 7.12. The molecule has 1 N–H and O–H groups in total. The molecule has 0 amide bonds. The van der Waals surface area contributed by atoms with Crippen LogP contribution < -0.4 is 10.1 Å². The van der Waals surface area contributed by atoms with E-state index in [0.717, 1.165) is 18.8 Å². The summed E-state index contributed by atoms with van der Waals surface area (Å²) in [5.41, 5.74) is 1.41. The summed E-state index contributed by atoms with van der Waals surface area (Å²) in [6.07, 6.45) is 0.276. The van der Waals surface area contributed by atoms with E-state index in [2.05, 4.69) is 33.0 Å². The van der Waals surface area contributed by atoms with Gasteiger partial charge in [-0.25, -0.2) is 0 Å². The second kappa shape index (κ2) is 5.39. The molecule has 0 fully saturated rings. The summed E-state index contributed by atoms with van der Waals surface area (Å²) in [6, 6.07) is 0. The molecule has 1 aromatic heterocycles. The van der Waals surface area contributed by atoms with Crippen LogP contribution in [0.1, 0.15) is 42.0 Å².